The Morgan fingerprint density at radius 3 is 2.59 bits per heavy atom. The van der Waals surface area contributed by atoms with E-state index < -0.39 is 0 Å². The van der Waals surface area contributed by atoms with E-state index in [0.29, 0.717) is 12.5 Å². The molecule has 2 aliphatic rings. The number of aromatic amines is 1. The van der Waals surface area contributed by atoms with Crippen molar-refractivity contribution < 1.29 is 9.53 Å². The van der Waals surface area contributed by atoms with Crippen LogP contribution in [-0.2, 0) is 9.53 Å². The van der Waals surface area contributed by atoms with Crippen LogP contribution in [0.2, 0.25) is 0 Å². The van der Waals surface area contributed by atoms with Gasteiger partial charge in [0.25, 0.3) is 5.91 Å². The van der Waals surface area contributed by atoms with Crippen LogP contribution in [0.1, 0.15) is 37.4 Å². The summed E-state index contributed by atoms with van der Waals surface area (Å²) in [5, 5.41) is 0. The molecule has 1 aromatic rings. The Hall–Kier alpha value is -0.820. The van der Waals surface area contributed by atoms with Gasteiger partial charge < -0.3 is 20.4 Å². The van der Waals surface area contributed by atoms with Gasteiger partial charge in [0.15, 0.2) is 0 Å². The molecule has 1 aromatic heterocycles. The number of amides is 1. The third kappa shape index (κ3) is 4.13. The third-order valence-corrected chi connectivity index (χ3v) is 4.36. The summed E-state index contributed by atoms with van der Waals surface area (Å²) in [7, 11) is 0. The zero-order valence-electron chi connectivity index (χ0n) is 12.4. The number of hydrogen-bond donors (Lipinski definition) is 2. The van der Waals surface area contributed by atoms with Crippen molar-refractivity contribution in [2.75, 3.05) is 19.6 Å². The first-order valence-corrected chi connectivity index (χ1v) is 7.41. The molecule has 2 aliphatic heterocycles. The van der Waals surface area contributed by atoms with Crippen LogP contribution in [-0.4, -0.2) is 52.6 Å². The second-order valence-electron chi connectivity index (χ2n) is 5.63. The van der Waals surface area contributed by atoms with Crippen molar-refractivity contribution in [2.45, 2.75) is 43.8 Å². The van der Waals surface area contributed by atoms with Gasteiger partial charge in [0.1, 0.15) is 11.9 Å². The highest BCUT2D eigenvalue weighted by molar-refractivity contribution is 5.85. The van der Waals surface area contributed by atoms with Crippen LogP contribution in [0.25, 0.3) is 0 Å². The van der Waals surface area contributed by atoms with Gasteiger partial charge in [0, 0.05) is 37.9 Å². The highest BCUT2D eigenvalue weighted by Gasteiger charge is 2.34. The zero-order valence-corrected chi connectivity index (χ0v) is 14.1. The number of carbonyl (C=O) groups is 1. The molecule has 0 aromatic carbocycles. The molecule has 0 saturated carbocycles. The summed E-state index contributed by atoms with van der Waals surface area (Å²) < 4.78 is 5.69. The van der Waals surface area contributed by atoms with Gasteiger partial charge in [-0.2, -0.15) is 0 Å². The Morgan fingerprint density at radius 1 is 1.32 bits per heavy atom. The average molecular weight is 351 g/mol. The highest BCUT2D eigenvalue weighted by Crippen LogP contribution is 2.27. The SMILES string of the molecule is Cl.Cl.NC[C@H]1CC[C@@H](C(=O)N2CCC(c3ncc[nH]3)CC2)O1. The molecule has 0 unspecified atom stereocenters. The lowest BCUT2D eigenvalue weighted by Crippen LogP contribution is -2.43. The molecule has 0 spiro atoms. The standard InChI is InChI=1S/C14H22N4O2.2ClH/c15-9-11-1-2-12(20-11)14(19)18-7-3-10(4-8-18)13-16-5-6-17-13;;/h5-6,10-12H,1-4,7-9,15H2,(H,16,17);2*1H/t11-,12+;;/m1../s1. The molecule has 22 heavy (non-hydrogen) atoms. The summed E-state index contributed by atoms with van der Waals surface area (Å²) >= 11 is 0. The number of rotatable bonds is 3. The van der Waals surface area contributed by atoms with E-state index >= 15 is 0 Å². The first kappa shape index (κ1) is 19.2. The maximum absolute atomic E-state index is 12.4. The molecule has 0 aliphatic carbocycles. The van der Waals surface area contributed by atoms with Crippen LogP contribution in [0.3, 0.4) is 0 Å². The predicted octanol–water partition coefficient (Wildman–Crippen LogP) is 1.47. The Labute approximate surface area is 143 Å². The van der Waals surface area contributed by atoms with E-state index in [1.165, 1.54) is 0 Å². The summed E-state index contributed by atoms with van der Waals surface area (Å²) in [4.78, 5) is 21.8. The minimum absolute atomic E-state index is 0. The number of carbonyl (C=O) groups excluding carboxylic acids is 1. The van der Waals surface area contributed by atoms with Crippen LogP contribution < -0.4 is 5.73 Å². The number of nitrogens with one attached hydrogen (secondary N) is 1. The lowest BCUT2D eigenvalue weighted by atomic mass is 9.95. The molecule has 126 valence electrons. The van der Waals surface area contributed by atoms with Crippen LogP contribution >= 0.6 is 24.8 Å². The van der Waals surface area contributed by atoms with E-state index in [1.54, 1.807) is 6.20 Å². The largest absolute Gasteiger partial charge is 0.364 e. The van der Waals surface area contributed by atoms with Crippen molar-refractivity contribution in [3.63, 3.8) is 0 Å². The molecule has 6 nitrogen and oxygen atoms in total. The molecule has 8 heteroatoms. The van der Waals surface area contributed by atoms with E-state index in [9.17, 15) is 4.79 Å². The number of nitrogens with zero attached hydrogens (tertiary/aromatic N) is 2. The first-order chi connectivity index (χ1) is 9.78. The van der Waals surface area contributed by atoms with Crippen LogP contribution in [0.15, 0.2) is 12.4 Å². The fourth-order valence-electron chi connectivity index (χ4n) is 3.14. The van der Waals surface area contributed by atoms with Gasteiger partial charge in [0.05, 0.1) is 6.10 Å². The van der Waals surface area contributed by atoms with Gasteiger partial charge in [-0.05, 0) is 25.7 Å². The third-order valence-electron chi connectivity index (χ3n) is 4.36. The Bertz CT molecular complexity index is 450. The Balaban J connectivity index is 0.00000121. The molecule has 3 heterocycles. The number of likely N-dealkylation sites (tertiary alicyclic amines) is 1. The molecule has 3 N–H and O–H groups in total. The summed E-state index contributed by atoms with van der Waals surface area (Å²) in [6.07, 6.45) is 7.05. The minimum atomic E-state index is -0.274. The molecule has 1 amide bonds. The maximum atomic E-state index is 12.4. The van der Waals surface area contributed by atoms with E-state index in [1.807, 2.05) is 11.1 Å². The Morgan fingerprint density at radius 2 is 2.05 bits per heavy atom. The average Bonchev–Trinajstić information content (AvgIpc) is 3.18. The quantitative estimate of drug-likeness (QED) is 0.864. The number of ether oxygens (including phenoxy) is 1. The van der Waals surface area contributed by atoms with Gasteiger partial charge in [-0.1, -0.05) is 0 Å². The summed E-state index contributed by atoms with van der Waals surface area (Å²) in [6, 6.07) is 0. The second kappa shape index (κ2) is 8.72. The van der Waals surface area contributed by atoms with Gasteiger partial charge in [-0.3, -0.25) is 4.79 Å². The topological polar surface area (TPSA) is 84.2 Å². The number of imidazole rings is 1. The molecule has 2 atom stereocenters. The molecule has 3 rings (SSSR count). The van der Waals surface area contributed by atoms with Gasteiger partial charge >= 0.3 is 0 Å². The minimum Gasteiger partial charge on any atom is -0.364 e. The van der Waals surface area contributed by atoms with Gasteiger partial charge in [-0.15, -0.1) is 24.8 Å². The second-order valence-corrected chi connectivity index (χ2v) is 5.63. The van der Waals surface area contributed by atoms with Crippen LogP contribution in [0, 0.1) is 0 Å². The normalized spacial score (nSPS) is 25.4. The fraction of sp³-hybridized carbons (Fsp3) is 0.714. The lowest BCUT2D eigenvalue weighted by molar-refractivity contribution is -0.143. The maximum Gasteiger partial charge on any atom is 0.251 e. The van der Waals surface area contributed by atoms with Crippen molar-refractivity contribution in [3.8, 4) is 0 Å². The molecule has 0 bridgehead atoms. The molecular weight excluding hydrogens is 327 g/mol. The van der Waals surface area contributed by atoms with Crippen LogP contribution in [0.4, 0.5) is 0 Å². The number of piperidine rings is 1. The molecular formula is C14H24Cl2N4O2. The highest BCUT2D eigenvalue weighted by atomic mass is 35.5. The summed E-state index contributed by atoms with van der Waals surface area (Å²) in [6.45, 7) is 2.08. The number of aromatic nitrogens is 2. The Kier molecular flexibility index (Phi) is 7.62. The molecule has 2 fully saturated rings. The van der Waals surface area contributed by atoms with Crippen LogP contribution in [0.5, 0.6) is 0 Å². The van der Waals surface area contributed by atoms with Crippen molar-refractivity contribution in [2.24, 2.45) is 5.73 Å². The van der Waals surface area contributed by atoms with Crippen molar-refractivity contribution in [1.29, 1.82) is 0 Å². The van der Waals surface area contributed by atoms with E-state index in [0.717, 1.165) is 44.6 Å². The smallest absolute Gasteiger partial charge is 0.251 e. The molecule has 0 radical (unpaired) electrons. The van der Waals surface area contributed by atoms with Crippen molar-refractivity contribution in [3.05, 3.63) is 18.2 Å². The summed E-state index contributed by atoms with van der Waals surface area (Å²) in [5.41, 5.74) is 5.59. The predicted molar refractivity (Wildman–Crippen MR) is 88.6 cm³/mol. The lowest BCUT2D eigenvalue weighted by Gasteiger charge is -2.32. The summed E-state index contributed by atoms with van der Waals surface area (Å²) in [5.74, 6) is 1.62. The van der Waals surface area contributed by atoms with E-state index in [-0.39, 0.29) is 42.9 Å². The zero-order chi connectivity index (χ0) is 13.9. The molecule has 2 saturated heterocycles. The number of halogens is 2. The first-order valence-electron chi connectivity index (χ1n) is 7.41. The van der Waals surface area contributed by atoms with Crippen molar-refractivity contribution >= 4 is 30.7 Å². The van der Waals surface area contributed by atoms with E-state index in [2.05, 4.69) is 9.97 Å². The number of H-pyrrole nitrogens is 1. The van der Waals surface area contributed by atoms with Crippen molar-refractivity contribution in [1.82, 2.24) is 14.9 Å². The fourth-order valence-corrected chi connectivity index (χ4v) is 3.14. The van der Waals surface area contributed by atoms with Gasteiger partial charge in [0.2, 0.25) is 0 Å². The number of nitrogens with two attached hydrogens (primary N) is 1. The monoisotopic (exact) mass is 350 g/mol. The number of hydrogen-bond acceptors (Lipinski definition) is 4. The van der Waals surface area contributed by atoms with E-state index in [4.69, 9.17) is 10.5 Å². The van der Waals surface area contributed by atoms with Gasteiger partial charge in [-0.25, -0.2) is 4.98 Å².